The molecule has 2 atom stereocenters. The SMILES string of the molecule is CCOC(=O)[C@H]1CC(c2ccccc2)NS(=O)(=O)O1. The van der Waals surface area contributed by atoms with Crippen molar-refractivity contribution in [2.75, 3.05) is 6.61 Å². The molecule has 1 aromatic rings. The number of ether oxygens (including phenoxy) is 1. The van der Waals surface area contributed by atoms with Gasteiger partial charge in [0.05, 0.1) is 12.6 Å². The Morgan fingerprint density at radius 2 is 2.11 bits per heavy atom. The first kappa shape index (κ1) is 14.0. The van der Waals surface area contributed by atoms with Gasteiger partial charge in [0.15, 0.2) is 6.10 Å². The molecule has 0 radical (unpaired) electrons. The molecule has 1 aromatic carbocycles. The highest BCUT2D eigenvalue weighted by molar-refractivity contribution is 7.84. The quantitative estimate of drug-likeness (QED) is 0.835. The Balaban J connectivity index is 2.20. The predicted molar refractivity (Wildman–Crippen MR) is 67.4 cm³/mol. The van der Waals surface area contributed by atoms with Crippen molar-refractivity contribution in [3.8, 4) is 0 Å². The normalized spacial score (nSPS) is 25.7. The van der Waals surface area contributed by atoms with E-state index >= 15 is 0 Å². The maximum atomic E-state index is 11.6. The molecule has 0 aromatic heterocycles. The van der Waals surface area contributed by atoms with E-state index in [1.165, 1.54) is 0 Å². The Morgan fingerprint density at radius 1 is 1.42 bits per heavy atom. The molecule has 2 rings (SSSR count). The highest BCUT2D eigenvalue weighted by atomic mass is 32.2. The molecule has 6 nitrogen and oxygen atoms in total. The van der Waals surface area contributed by atoms with Crippen LogP contribution in [0, 0.1) is 0 Å². The summed E-state index contributed by atoms with van der Waals surface area (Å²) in [6, 6.07) is 8.53. The standard InChI is InChI=1S/C12H15NO5S/c1-2-17-12(14)11-8-10(13-19(15,16)18-11)9-6-4-3-5-7-9/h3-7,10-11,13H,2,8H2,1H3/t10?,11-/m1/s1. The molecule has 1 N–H and O–H groups in total. The van der Waals surface area contributed by atoms with Gasteiger partial charge in [0.25, 0.3) is 0 Å². The largest absolute Gasteiger partial charge is 0.464 e. The van der Waals surface area contributed by atoms with Crippen molar-refractivity contribution in [1.82, 2.24) is 4.72 Å². The fourth-order valence-electron chi connectivity index (χ4n) is 1.92. The van der Waals surface area contributed by atoms with E-state index in [0.717, 1.165) is 5.56 Å². The van der Waals surface area contributed by atoms with E-state index in [4.69, 9.17) is 8.92 Å². The van der Waals surface area contributed by atoms with E-state index in [-0.39, 0.29) is 13.0 Å². The highest BCUT2D eigenvalue weighted by Crippen LogP contribution is 2.26. The molecule has 0 spiro atoms. The van der Waals surface area contributed by atoms with Gasteiger partial charge in [-0.25, -0.2) is 8.98 Å². The summed E-state index contributed by atoms with van der Waals surface area (Å²) < 4.78 is 35.1. The van der Waals surface area contributed by atoms with Crippen molar-refractivity contribution >= 4 is 16.3 Å². The van der Waals surface area contributed by atoms with E-state index in [0.29, 0.717) is 0 Å². The molecule has 19 heavy (non-hydrogen) atoms. The van der Waals surface area contributed by atoms with Crippen LogP contribution in [0.3, 0.4) is 0 Å². The van der Waals surface area contributed by atoms with Crippen LogP contribution < -0.4 is 4.72 Å². The summed E-state index contributed by atoms with van der Waals surface area (Å²) in [7, 11) is -3.94. The van der Waals surface area contributed by atoms with Gasteiger partial charge in [0, 0.05) is 6.42 Å². The van der Waals surface area contributed by atoms with Gasteiger partial charge in [-0.1, -0.05) is 30.3 Å². The Bertz CT molecular complexity index is 542. The fraction of sp³-hybridized carbons (Fsp3) is 0.417. The molecular formula is C12H15NO5S. The first-order valence-corrected chi connectivity index (χ1v) is 7.35. The topological polar surface area (TPSA) is 81.7 Å². The van der Waals surface area contributed by atoms with Gasteiger partial charge in [-0.05, 0) is 12.5 Å². The summed E-state index contributed by atoms with van der Waals surface area (Å²) in [4.78, 5) is 11.6. The zero-order valence-electron chi connectivity index (χ0n) is 10.4. The van der Waals surface area contributed by atoms with E-state index in [9.17, 15) is 13.2 Å². The van der Waals surface area contributed by atoms with Crippen molar-refractivity contribution in [1.29, 1.82) is 0 Å². The van der Waals surface area contributed by atoms with Gasteiger partial charge >= 0.3 is 16.3 Å². The number of hydrogen-bond acceptors (Lipinski definition) is 5. The van der Waals surface area contributed by atoms with Crippen LogP contribution in [0.2, 0.25) is 0 Å². The second kappa shape index (κ2) is 5.68. The van der Waals surface area contributed by atoms with Crippen molar-refractivity contribution in [3.63, 3.8) is 0 Å². The fourth-order valence-corrected chi connectivity index (χ4v) is 3.02. The minimum Gasteiger partial charge on any atom is -0.464 e. The molecule has 1 heterocycles. The molecule has 104 valence electrons. The predicted octanol–water partition coefficient (Wildman–Crippen LogP) is 0.914. The highest BCUT2D eigenvalue weighted by Gasteiger charge is 2.37. The lowest BCUT2D eigenvalue weighted by molar-refractivity contribution is -0.152. The summed E-state index contributed by atoms with van der Waals surface area (Å²) in [6.07, 6.45) is -0.890. The minimum absolute atomic E-state index is 0.183. The lowest BCUT2D eigenvalue weighted by Crippen LogP contribution is -2.44. The average molecular weight is 285 g/mol. The van der Waals surface area contributed by atoms with Gasteiger partial charge < -0.3 is 4.74 Å². The molecule has 0 aliphatic carbocycles. The number of hydrogen-bond donors (Lipinski definition) is 1. The third-order valence-corrected chi connectivity index (χ3v) is 3.79. The molecule has 0 saturated carbocycles. The van der Waals surface area contributed by atoms with E-state index in [1.807, 2.05) is 6.07 Å². The molecule has 7 heteroatoms. The smallest absolute Gasteiger partial charge is 0.337 e. The summed E-state index contributed by atoms with van der Waals surface area (Å²) in [5.74, 6) is -0.659. The Labute approximate surface area is 112 Å². The van der Waals surface area contributed by atoms with Crippen LogP contribution in [-0.4, -0.2) is 27.1 Å². The molecule has 1 fully saturated rings. The summed E-state index contributed by atoms with van der Waals surface area (Å²) in [6.45, 7) is 1.84. The third-order valence-electron chi connectivity index (χ3n) is 2.73. The second-order valence-electron chi connectivity index (χ2n) is 4.11. The Kier molecular flexibility index (Phi) is 4.18. The van der Waals surface area contributed by atoms with Crippen LogP contribution >= 0.6 is 0 Å². The molecule has 0 bridgehead atoms. The maximum Gasteiger partial charge on any atom is 0.337 e. The zero-order chi connectivity index (χ0) is 13.9. The minimum atomic E-state index is -3.94. The lowest BCUT2D eigenvalue weighted by atomic mass is 10.0. The number of rotatable bonds is 3. The lowest BCUT2D eigenvalue weighted by Gasteiger charge is -2.28. The Morgan fingerprint density at radius 3 is 2.74 bits per heavy atom. The van der Waals surface area contributed by atoms with Crippen LogP contribution in [0.1, 0.15) is 24.9 Å². The molecule has 0 amide bonds. The molecule has 1 aliphatic rings. The van der Waals surface area contributed by atoms with Gasteiger partial charge in [-0.2, -0.15) is 13.1 Å². The Hall–Kier alpha value is -1.44. The summed E-state index contributed by atoms with van der Waals surface area (Å²) in [5, 5.41) is 0. The number of nitrogens with one attached hydrogen (secondary N) is 1. The van der Waals surface area contributed by atoms with Crippen LogP contribution in [0.25, 0.3) is 0 Å². The van der Waals surface area contributed by atoms with E-state index in [1.54, 1.807) is 31.2 Å². The summed E-state index contributed by atoms with van der Waals surface area (Å²) in [5.41, 5.74) is 0.781. The molecule has 1 saturated heterocycles. The average Bonchev–Trinajstić information content (AvgIpc) is 2.38. The monoisotopic (exact) mass is 285 g/mol. The number of esters is 1. The van der Waals surface area contributed by atoms with Gasteiger partial charge in [-0.3, -0.25) is 0 Å². The van der Waals surface area contributed by atoms with Gasteiger partial charge in [0.1, 0.15) is 0 Å². The summed E-state index contributed by atoms with van der Waals surface area (Å²) >= 11 is 0. The molecule has 1 aliphatic heterocycles. The molecule has 1 unspecified atom stereocenters. The number of benzene rings is 1. The van der Waals surface area contributed by atoms with Crippen molar-refractivity contribution in [2.24, 2.45) is 0 Å². The van der Waals surface area contributed by atoms with Gasteiger partial charge in [-0.15, -0.1) is 0 Å². The van der Waals surface area contributed by atoms with Crippen molar-refractivity contribution in [2.45, 2.75) is 25.5 Å². The second-order valence-corrected chi connectivity index (χ2v) is 5.44. The zero-order valence-corrected chi connectivity index (χ0v) is 11.2. The number of carbonyl (C=O) groups excluding carboxylic acids is 1. The van der Waals surface area contributed by atoms with Crippen LogP contribution in [-0.2, 0) is 24.0 Å². The van der Waals surface area contributed by atoms with Crippen LogP contribution in [0.4, 0.5) is 0 Å². The number of carbonyl (C=O) groups is 1. The first-order chi connectivity index (χ1) is 9.02. The first-order valence-electron chi connectivity index (χ1n) is 5.94. The third kappa shape index (κ3) is 3.52. The van der Waals surface area contributed by atoms with Gasteiger partial charge in [0.2, 0.25) is 0 Å². The van der Waals surface area contributed by atoms with Crippen molar-refractivity contribution in [3.05, 3.63) is 35.9 Å². The van der Waals surface area contributed by atoms with E-state index < -0.39 is 28.4 Å². The molecular weight excluding hydrogens is 270 g/mol. The van der Waals surface area contributed by atoms with Crippen LogP contribution in [0.15, 0.2) is 30.3 Å². The van der Waals surface area contributed by atoms with E-state index in [2.05, 4.69) is 4.72 Å². The maximum absolute atomic E-state index is 11.6. The van der Waals surface area contributed by atoms with Crippen LogP contribution in [0.5, 0.6) is 0 Å². The van der Waals surface area contributed by atoms with Crippen molar-refractivity contribution < 1.29 is 22.1 Å².